The Morgan fingerprint density at radius 2 is 2.17 bits per heavy atom. The van der Waals surface area contributed by atoms with Crippen LogP contribution in [0.15, 0.2) is 17.1 Å². The summed E-state index contributed by atoms with van der Waals surface area (Å²) in [5.41, 5.74) is 10.5. The summed E-state index contributed by atoms with van der Waals surface area (Å²) in [4.78, 5) is 3.83. The van der Waals surface area contributed by atoms with Crippen molar-refractivity contribution in [3.63, 3.8) is 0 Å². The van der Waals surface area contributed by atoms with Crippen LogP contribution in [-0.4, -0.2) is 29.9 Å². The highest BCUT2D eigenvalue weighted by atomic mass is 16.5. The molecule has 0 heterocycles. The van der Waals surface area contributed by atoms with E-state index in [1.54, 1.807) is 7.05 Å². The highest BCUT2D eigenvalue weighted by Crippen LogP contribution is 2.32. The number of anilines is 1. The molecule has 2 rings (SSSR count). The number of rotatable bonds is 3. The maximum absolute atomic E-state index is 9.26. The fraction of sp³-hybridized carbons (Fsp3) is 0.417. The summed E-state index contributed by atoms with van der Waals surface area (Å²) in [6, 6.07) is 3.89. The van der Waals surface area contributed by atoms with Gasteiger partial charge in [0.2, 0.25) is 0 Å². The molecule has 6 heteroatoms. The fourth-order valence-corrected chi connectivity index (χ4v) is 2.32. The van der Waals surface area contributed by atoms with Crippen LogP contribution in [0.4, 0.5) is 11.4 Å². The van der Waals surface area contributed by atoms with Crippen LogP contribution in [0.1, 0.15) is 11.1 Å². The van der Waals surface area contributed by atoms with Gasteiger partial charge in [0.1, 0.15) is 5.69 Å². The number of nitrogens with two attached hydrogens (primary N) is 2. The zero-order chi connectivity index (χ0) is 13.1. The number of nitrogens with one attached hydrogen (secondary N) is 1. The number of aliphatic hydroxyl groups is 1. The molecule has 98 valence electrons. The Labute approximate surface area is 105 Å². The number of fused-ring (bicyclic) bond motifs is 1. The second-order valence-electron chi connectivity index (χ2n) is 4.53. The quantitative estimate of drug-likeness (QED) is 0.213. The molecule has 0 saturated carbocycles. The predicted octanol–water partition coefficient (Wildman–Crippen LogP) is -0.666. The molecule has 1 aromatic carbocycles. The maximum Gasteiger partial charge on any atom is 0.193 e. The summed E-state index contributed by atoms with van der Waals surface area (Å²) < 4.78 is 0. The molecule has 1 unspecified atom stereocenters. The molecule has 1 atom stereocenters. The highest BCUT2D eigenvalue weighted by Gasteiger charge is 2.23. The first-order chi connectivity index (χ1) is 8.67. The average Bonchev–Trinajstić information content (AvgIpc) is 2.79. The number of hydrogen-bond donors (Lipinski definition) is 5. The van der Waals surface area contributed by atoms with E-state index in [0.29, 0.717) is 11.6 Å². The lowest BCUT2D eigenvalue weighted by atomic mass is 10.1. The van der Waals surface area contributed by atoms with Gasteiger partial charge in [-0.25, -0.2) is 5.21 Å². The average molecular weight is 251 g/mol. The number of quaternary nitrogens is 1. The normalized spacial score (nSPS) is 18.8. The topological polar surface area (TPSA) is 107 Å². The number of benzene rings is 1. The van der Waals surface area contributed by atoms with Crippen LogP contribution in [0.3, 0.4) is 0 Å². The van der Waals surface area contributed by atoms with Gasteiger partial charge in [-0.15, -0.1) is 0 Å². The lowest BCUT2D eigenvalue weighted by Crippen LogP contribution is -2.74. The molecule has 0 amide bonds. The molecule has 0 aliphatic heterocycles. The summed E-state index contributed by atoms with van der Waals surface area (Å²) in [6.07, 6.45) is 1.71. The van der Waals surface area contributed by atoms with Crippen LogP contribution in [0.2, 0.25) is 0 Å². The van der Waals surface area contributed by atoms with Gasteiger partial charge in [-0.1, -0.05) is 0 Å². The van der Waals surface area contributed by atoms with Crippen LogP contribution < -0.4 is 16.5 Å². The molecule has 1 aliphatic rings. The molecule has 0 bridgehead atoms. The van der Waals surface area contributed by atoms with Crippen LogP contribution in [0.5, 0.6) is 0 Å². The van der Waals surface area contributed by atoms with Crippen LogP contribution in [0.25, 0.3) is 0 Å². The third kappa shape index (κ3) is 2.45. The molecule has 0 radical (unpaired) electrons. The third-order valence-electron chi connectivity index (χ3n) is 3.29. The van der Waals surface area contributed by atoms with E-state index >= 15 is 0 Å². The molecular formula is C12H19N4O2+. The van der Waals surface area contributed by atoms with Crippen molar-refractivity contribution in [2.45, 2.75) is 12.8 Å². The molecule has 1 aromatic rings. The molecule has 0 aromatic heterocycles. The van der Waals surface area contributed by atoms with Crippen molar-refractivity contribution in [1.82, 2.24) is 0 Å². The second-order valence-corrected chi connectivity index (χ2v) is 4.53. The van der Waals surface area contributed by atoms with E-state index in [1.165, 1.54) is 11.1 Å². The molecule has 1 aliphatic carbocycles. The van der Waals surface area contributed by atoms with Crippen molar-refractivity contribution in [3.05, 3.63) is 23.3 Å². The molecule has 0 fully saturated rings. The van der Waals surface area contributed by atoms with Crippen molar-refractivity contribution in [3.8, 4) is 0 Å². The van der Waals surface area contributed by atoms with Gasteiger partial charge in [-0.3, -0.25) is 4.99 Å². The number of aliphatic imine (C=N–C) groups is 1. The first kappa shape index (κ1) is 12.8. The first-order valence-corrected chi connectivity index (χ1v) is 5.91. The Morgan fingerprint density at radius 3 is 2.72 bits per heavy atom. The molecular weight excluding hydrogens is 232 g/mol. The SMILES string of the molecule is CN=C(N)Nc1cc2c(cc1[NH2+]O)CC(CO)C2. The summed E-state index contributed by atoms with van der Waals surface area (Å²) in [5, 5.41) is 21.4. The Morgan fingerprint density at radius 1 is 1.50 bits per heavy atom. The smallest absolute Gasteiger partial charge is 0.193 e. The minimum absolute atomic E-state index is 0.189. The van der Waals surface area contributed by atoms with Gasteiger partial charge >= 0.3 is 0 Å². The van der Waals surface area contributed by atoms with Gasteiger partial charge in [0.25, 0.3) is 0 Å². The number of nitrogens with zero attached hydrogens (tertiary/aromatic N) is 1. The number of guanidine groups is 1. The van der Waals surface area contributed by atoms with Crippen molar-refractivity contribution in [2.75, 3.05) is 19.0 Å². The molecule has 6 nitrogen and oxygen atoms in total. The standard InChI is InChI=1S/C12H18N4O2/c1-14-12(13)15-10-4-8-2-7(6-17)3-9(8)5-11(10)16-18/h4-5,7,16-18H,2-3,6H2,1H3,(H3,13,14,15)/p+1. The van der Waals surface area contributed by atoms with Gasteiger partial charge in [0, 0.05) is 19.7 Å². The van der Waals surface area contributed by atoms with Gasteiger partial charge in [-0.05, 0) is 36.0 Å². The van der Waals surface area contributed by atoms with Gasteiger partial charge in [0.15, 0.2) is 11.6 Å². The van der Waals surface area contributed by atoms with Gasteiger partial charge in [-0.2, -0.15) is 5.48 Å². The fourth-order valence-electron chi connectivity index (χ4n) is 2.32. The first-order valence-electron chi connectivity index (χ1n) is 5.91. The Hall–Kier alpha value is -1.63. The highest BCUT2D eigenvalue weighted by molar-refractivity contribution is 5.94. The van der Waals surface area contributed by atoms with E-state index in [2.05, 4.69) is 10.3 Å². The van der Waals surface area contributed by atoms with Crippen molar-refractivity contribution in [1.29, 1.82) is 0 Å². The zero-order valence-electron chi connectivity index (χ0n) is 10.3. The summed E-state index contributed by atoms with van der Waals surface area (Å²) >= 11 is 0. The Bertz CT molecular complexity index is 473. The Balaban J connectivity index is 2.32. The molecule has 18 heavy (non-hydrogen) atoms. The Kier molecular flexibility index (Phi) is 3.81. The molecule has 0 spiro atoms. The van der Waals surface area contributed by atoms with Crippen LogP contribution in [0, 0.1) is 5.92 Å². The van der Waals surface area contributed by atoms with Crippen molar-refractivity contribution < 1.29 is 15.8 Å². The maximum atomic E-state index is 9.26. The van der Waals surface area contributed by atoms with Gasteiger partial charge in [0.05, 0.1) is 0 Å². The number of hydrogen-bond acceptors (Lipinski definition) is 3. The minimum atomic E-state index is 0.189. The molecule has 0 saturated heterocycles. The largest absolute Gasteiger partial charge is 0.396 e. The van der Waals surface area contributed by atoms with E-state index in [4.69, 9.17) is 5.73 Å². The summed E-state index contributed by atoms with van der Waals surface area (Å²) in [5.74, 6) is 0.578. The van der Waals surface area contributed by atoms with E-state index in [9.17, 15) is 10.3 Å². The third-order valence-corrected chi connectivity index (χ3v) is 3.29. The lowest BCUT2D eigenvalue weighted by molar-refractivity contribution is -0.825. The lowest BCUT2D eigenvalue weighted by Gasteiger charge is -2.09. The van der Waals surface area contributed by atoms with E-state index in [1.807, 2.05) is 12.1 Å². The van der Waals surface area contributed by atoms with Crippen molar-refractivity contribution in [2.24, 2.45) is 16.6 Å². The van der Waals surface area contributed by atoms with Gasteiger partial charge < -0.3 is 16.2 Å². The van der Waals surface area contributed by atoms with E-state index < -0.39 is 0 Å². The van der Waals surface area contributed by atoms with E-state index in [0.717, 1.165) is 24.0 Å². The predicted molar refractivity (Wildman–Crippen MR) is 69.0 cm³/mol. The van der Waals surface area contributed by atoms with Crippen molar-refractivity contribution >= 4 is 17.3 Å². The minimum Gasteiger partial charge on any atom is -0.396 e. The second kappa shape index (κ2) is 5.34. The van der Waals surface area contributed by atoms with Crippen LogP contribution in [-0.2, 0) is 12.8 Å². The molecule has 7 N–H and O–H groups in total. The zero-order valence-corrected chi connectivity index (χ0v) is 10.3. The summed E-state index contributed by atoms with van der Waals surface area (Å²) in [7, 11) is 1.60. The monoisotopic (exact) mass is 251 g/mol. The van der Waals surface area contributed by atoms with Crippen LogP contribution >= 0.6 is 0 Å². The number of aliphatic hydroxyl groups excluding tert-OH is 1. The summed E-state index contributed by atoms with van der Waals surface area (Å²) in [6.45, 7) is 0.189. The van der Waals surface area contributed by atoms with E-state index in [-0.39, 0.29) is 12.5 Å².